The van der Waals surface area contributed by atoms with Crippen molar-refractivity contribution in [1.82, 2.24) is 4.90 Å². The van der Waals surface area contributed by atoms with Crippen LogP contribution in [0, 0.1) is 10.1 Å². The molecule has 0 aromatic heterocycles. The molecule has 0 spiro atoms. The summed E-state index contributed by atoms with van der Waals surface area (Å²) in [7, 11) is 0. The molecule has 2 rings (SSSR count). The number of carbonyl (C=O) groups is 1. The largest absolute Gasteiger partial charge is 0.478 e. The van der Waals surface area contributed by atoms with E-state index >= 15 is 0 Å². The summed E-state index contributed by atoms with van der Waals surface area (Å²) in [5.74, 6) is -0.913. The standard InChI is InChI=1S/C25H39N3O4/c1-3-4-5-6-7-8-9-10-11-12-24(21(2)25(29)30)27-19-17-26(18-20-27)22-13-15-23(16-14-22)28(31)32/h13-16,24H,2-12,17-20H2,1H3,(H,29,30). The van der Waals surface area contributed by atoms with Crippen LogP contribution in [0.4, 0.5) is 11.4 Å². The van der Waals surface area contributed by atoms with Gasteiger partial charge < -0.3 is 10.0 Å². The highest BCUT2D eigenvalue weighted by Gasteiger charge is 2.28. The van der Waals surface area contributed by atoms with Crippen LogP contribution in [-0.2, 0) is 4.79 Å². The van der Waals surface area contributed by atoms with Crippen molar-refractivity contribution in [3.63, 3.8) is 0 Å². The van der Waals surface area contributed by atoms with Gasteiger partial charge in [-0.05, 0) is 18.6 Å². The number of unbranched alkanes of at least 4 members (excludes halogenated alkanes) is 8. The first-order valence-corrected chi connectivity index (χ1v) is 12.1. The number of hydrogen-bond acceptors (Lipinski definition) is 5. The predicted octanol–water partition coefficient (Wildman–Crippen LogP) is 5.65. The highest BCUT2D eigenvalue weighted by molar-refractivity contribution is 5.87. The van der Waals surface area contributed by atoms with Crippen LogP contribution in [0.2, 0.25) is 0 Å². The van der Waals surface area contributed by atoms with E-state index in [1.165, 1.54) is 57.1 Å². The maximum atomic E-state index is 11.6. The summed E-state index contributed by atoms with van der Waals surface area (Å²) in [4.78, 5) is 26.5. The molecule has 1 N–H and O–H groups in total. The molecular formula is C25H39N3O4. The van der Waals surface area contributed by atoms with Crippen molar-refractivity contribution in [3.8, 4) is 0 Å². The maximum absolute atomic E-state index is 11.6. The minimum Gasteiger partial charge on any atom is -0.478 e. The van der Waals surface area contributed by atoms with Crippen molar-refractivity contribution in [2.75, 3.05) is 31.1 Å². The van der Waals surface area contributed by atoms with Crippen molar-refractivity contribution < 1.29 is 14.8 Å². The van der Waals surface area contributed by atoms with Gasteiger partial charge in [0.2, 0.25) is 0 Å². The molecule has 1 aromatic rings. The normalized spacial score (nSPS) is 15.5. The molecular weight excluding hydrogens is 406 g/mol. The molecule has 7 nitrogen and oxygen atoms in total. The SMILES string of the molecule is C=C(C(=O)O)C(CCCCCCCCCCC)N1CCN(c2ccc([N+](=O)[O-])cc2)CC1. The molecule has 1 atom stereocenters. The molecule has 7 heteroatoms. The van der Waals surface area contributed by atoms with Gasteiger partial charge in [-0.2, -0.15) is 0 Å². The van der Waals surface area contributed by atoms with E-state index in [1.54, 1.807) is 12.1 Å². The molecule has 0 amide bonds. The summed E-state index contributed by atoms with van der Waals surface area (Å²) >= 11 is 0. The summed E-state index contributed by atoms with van der Waals surface area (Å²) in [5, 5.41) is 20.4. The first-order chi connectivity index (χ1) is 15.4. The second kappa shape index (κ2) is 13.9. The topological polar surface area (TPSA) is 86.9 Å². The van der Waals surface area contributed by atoms with E-state index in [0.717, 1.165) is 51.1 Å². The molecule has 1 saturated heterocycles. The molecule has 1 aromatic carbocycles. The Bertz CT molecular complexity index is 727. The molecule has 178 valence electrons. The molecule has 0 bridgehead atoms. The first kappa shape index (κ1) is 25.8. The number of hydrogen-bond donors (Lipinski definition) is 1. The van der Waals surface area contributed by atoms with Gasteiger partial charge in [-0.1, -0.05) is 71.3 Å². The third kappa shape index (κ3) is 8.26. The molecule has 1 aliphatic rings. The Labute approximate surface area is 192 Å². The second-order valence-corrected chi connectivity index (χ2v) is 8.76. The fraction of sp³-hybridized carbons (Fsp3) is 0.640. The monoisotopic (exact) mass is 445 g/mol. The van der Waals surface area contributed by atoms with Gasteiger partial charge in [0, 0.05) is 55.6 Å². The Morgan fingerprint density at radius 1 is 1.00 bits per heavy atom. The molecule has 1 unspecified atom stereocenters. The Morgan fingerprint density at radius 2 is 1.53 bits per heavy atom. The summed E-state index contributed by atoms with van der Waals surface area (Å²) in [6.45, 7) is 9.14. The number of non-ortho nitro benzene ring substituents is 1. The minimum atomic E-state index is -0.913. The number of carboxylic acids is 1. The average Bonchev–Trinajstić information content (AvgIpc) is 2.80. The third-order valence-corrected chi connectivity index (χ3v) is 6.44. The van der Waals surface area contributed by atoms with Gasteiger partial charge in [-0.3, -0.25) is 15.0 Å². The lowest BCUT2D eigenvalue weighted by molar-refractivity contribution is -0.384. The minimum absolute atomic E-state index is 0.0890. The lowest BCUT2D eigenvalue weighted by Crippen LogP contribution is -2.51. The predicted molar refractivity (Wildman–Crippen MR) is 129 cm³/mol. The number of benzene rings is 1. The van der Waals surface area contributed by atoms with Crippen LogP contribution >= 0.6 is 0 Å². The zero-order chi connectivity index (χ0) is 23.3. The van der Waals surface area contributed by atoms with E-state index in [1.807, 2.05) is 0 Å². The van der Waals surface area contributed by atoms with Gasteiger partial charge in [-0.25, -0.2) is 4.79 Å². The molecule has 32 heavy (non-hydrogen) atoms. The fourth-order valence-corrected chi connectivity index (χ4v) is 4.45. The number of rotatable bonds is 15. The first-order valence-electron chi connectivity index (χ1n) is 12.1. The smallest absolute Gasteiger partial charge is 0.332 e. The van der Waals surface area contributed by atoms with Gasteiger partial charge in [0.15, 0.2) is 0 Å². The number of nitro benzene ring substituents is 1. The van der Waals surface area contributed by atoms with E-state index in [4.69, 9.17) is 0 Å². The quantitative estimate of drug-likeness (QED) is 0.162. The van der Waals surface area contributed by atoms with E-state index in [2.05, 4.69) is 23.3 Å². The van der Waals surface area contributed by atoms with E-state index in [0.29, 0.717) is 0 Å². The van der Waals surface area contributed by atoms with Crippen LogP contribution in [-0.4, -0.2) is 53.1 Å². The number of anilines is 1. The molecule has 1 aliphatic heterocycles. The zero-order valence-electron chi connectivity index (χ0n) is 19.5. The van der Waals surface area contributed by atoms with Crippen LogP contribution in [0.15, 0.2) is 36.4 Å². The van der Waals surface area contributed by atoms with E-state index < -0.39 is 10.9 Å². The van der Waals surface area contributed by atoms with Crippen LogP contribution < -0.4 is 4.90 Å². The van der Waals surface area contributed by atoms with Crippen LogP contribution in [0.5, 0.6) is 0 Å². The van der Waals surface area contributed by atoms with Gasteiger partial charge >= 0.3 is 5.97 Å². The van der Waals surface area contributed by atoms with Crippen LogP contribution in [0.3, 0.4) is 0 Å². The number of nitrogens with zero attached hydrogens (tertiary/aromatic N) is 3. The Morgan fingerprint density at radius 3 is 2.03 bits per heavy atom. The second-order valence-electron chi connectivity index (χ2n) is 8.76. The fourth-order valence-electron chi connectivity index (χ4n) is 4.45. The van der Waals surface area contributed by atoms with Crippen molar-refractivity contribution in [2.24, 2.45) is 0 Å². The van der Waals surface area contributed by atoms with Gasteiger partial charge in [-0.15, -0.1) is 0 Å². The summed E-state index contributed by atoms with van der Waals surface area (Å²) < 4.78 is 0. The van der Waals surface area contributed by atoms with Crippen LogP contribution in [0.25, 0.3) is 0 Å². The highest BCUT2D eigenvalue weighted by Crippen LogP contribution is 2.24. The number of nitro groups is 1. The van der Waals surface area contributed by atoms with Crippen LogP contribution in [0.1, 0.15) is 71.1 Å². The Hall–Kier alpha value is -2.41. The lowest BCUT2D eigenvalue weighted by atomic mass is 9.98. The van der Waals surface area contributed by atoms with Gasteiger partial charge in [0.1, 0.15) is 0 Å². The molecule has 0 radical (unpaired) electrons. The highest BCUT2D eigenvalue weighted by atomic mass is 16.6. The van der Waals surface area contributed by atoms with Crippen molar-refractivity contribution in [1.29, 1.82) is 0 Å². The molecule has 0 aliphatic carbocycles. The number of aliphatic carboxylic acids is 1. The zero-order valence-corrected chi connectivity index (χ0v) is 19.5. The van der Waals surface area contributed by atoms with E-state index in [9.17, 15) is 20.0 Å². The molecule has 0 saturated carbocycles. The Balaban J connectivity index is 1.79. The average molecular weight is 446 g/mol. The maximum Gasteiger partial charge on any atom is 0.332 e. The summed E-state index contributed by atoms with van der Waals surface area (Å²) in [6.07, 6.45) is 12.0. The van der Waals surface area contributed by atoms with Gasteiger partial charge in [0.25, 0.3) is 5.69 Å². The Kier molecular flexibility index (Phi) is 11.2. The van der Waals surface area contributed by atoms with Crippen molar-refractivity contribution in [2.45, 2.75) is 77.2 Å². The molecule has 1 fully saturated rings. The molecule has 1 heterocycles. The summed E-state index contributed by atoms with van der Waals surface area (Å²) in [5.41, 5.74) is 1.34. The van der Waals surface area contributed by atoms with Crippen molar-refractivity contribution in [3.05, 3.63) is 46.5 Å². The number of carboxylic acid groups (broad SMARTS) is 1. The number of piperazine rings is 1. The van der Waals surface area contributed by atoms with Crippen molar-refractivity contribution >= 4 is 17.3 Å². The lowest BCUT2D eigenvalue weighted by Gasteiger charge is -2.40. The van der Waals surface area contributed by atoms with Gasteiger partial charge in [0.05, 0.1) is 4.92 Å². The third-order valence-electron chi connectivity index (χ3n) is 6.44. The van der Waals surface area contributed by atoms with E-state index in [-0.39, 0.29) is 17.3 Å². The summed E-state index contributed by atoms with van der Waals surface area (Å²) in [6, 6.07) is 6.49.